The molecule has 0 saturated heterocycles. The fourth-order valence-corrected chi connectivity index (χ4v) is 1.34. The van der Waals surface area contributed by atoms with E-state index >= 15 is 0 Å². The number of carbonyl (C=O) groups excluding carboxylic acids is 1. The Morgan fingerprint density at radius 2 is 2.42 bits per heavy atom. The summed E-state index contributed by atoms with van der Waals surface area (Å²) in [5.41, 5.74) is 7.03. The van der Waals surface area contributed by atoms with E-state index in [4.69, 9.17) is 5.73 Å². The molecule has 2 rings (SSSR count). The third kappa shape index (κ3) is 0.753. The first kappa shape index (κ1) is 7.24. The average molecular weight is 163 g/mol. The molecule has 0 fully saturated rings. The minimum atomic E-state index is -0.332. The van der Waals surface area contributed by atoms with E-state index in [0.29, 0.717) is 5.69 Å². The maximum atomic E-state index is 11.4. The lowest BCUT2D eigenvalue weighted by Crippen LogP contribution is -2.28. The number of hydrogen-bond acceptors (Lipinski definition) is 3. The fourth-order valence-electron chi connectivity index (χ4n) is 1.34. The van der Waals surface area contributed by atoms with Gasteiger partial charge in [0.25, 0.3) is 5.91 Å². The van der Waals surface area contributed by atoms with E-state index in [1.54, 1.807) is 19.3 Å². The molecule has 0 aromatic carbocycles. The normalized spacial score (nSPS) is 21.3. The second-order valence-corrected chi connectivity index (χ2v) is 2.80. The van der Waals surface area contributed by atoms with Crippen LogP contribution in [-0.2, 0) is 0 Å². The molecule has 1 aromatic rings. The van der Waals surface area contributed by atoms with Crippen molar-refractivity contribution < 1.29 is 4.79 Å². The number of hydrogen-bond donors (Lipinski definition) is 1. The number of nitrogens with two attached hydrogens (primary N) is 1. The highest BCUT2D eigenvalue weighted by Crippen LogP contribution is 2.25. The monoisotopic (exact) mass is 163 g/mol. The molecule has 0 spiro atoms. The van der Waals surface area contributed by atoms with Crippen molar-refractivity contribution in [1.82, 2.24) is 9.88 Å². The van der Waals surface area contributed by atoms with Gasteiger partial charge in [-0.3, -0.25) is 9.78 Å². The van der Waals surface area contributed by atoms with Crippen LogP contribution in [0.3, 0.4) is 0 Å². The topological polar surface area (TPSA) is 59.2 Å². The van der Waals surface area contributed by atoms with Crippen molar-refractivity contribution in [3.8, 4) is 0 Å². The summed E-state index contributed by atoms with van der Waals surface area (Å²) in [4.78, 5) is 16.8. The molecule has 12 heavy (non-hydrogen) atoms. The number of nitrogens with zero attached hydrogens (tertiary/aromatic N) is 2. The van der Waals surface area contributed by atoms with E-state index in [9.17, 15) is 4.79 Å². The molecule has 1 amide bonds. The number of pyridine rings is 1. The smallest absolute Gasteiger partial charge is 0.274 e. The van der Waals surface area contributed by atoms with Crippen molar-refractivity contribution in [3.63, 3.8) is 0 Å². The van der Waals surface area contributed by atoms with Gasteiger partial charge in [0.1, 0.15) is 11.9 Å². The first-order chi connectivity index (χ1) is 5.72. The van der Waals surface area contributed by atoms with Crippen LogP contribution in [0.15, 0.2) is 18.3 Å². The summed E-state index contributed by atoms with van der Waals surface area (Å²) in [6.07, 6.45) is 1.27. The summed E-state index contributed by atoms with van der Waals surface area (Å²) in [7, 11) is 1.68. The highest BCUT2D eigenvalue weighted by molar-refractivity contribution is 5.96. The third-order valence-electron chi connectivity index (χ3n) is 2.10. The highest BCUT2D eigenvalue weighted by atomic mass is 16.2. The first-order valence-electron chi connectivity index (χ1n) is 3.69. The summed E-state index contributed by atoms with van der Waals surface area (Å²) in [5.74, 6) is -0.0990. The molecule has 2 heterocycles. The van der Waals surface area contributed by atoms with Gasteiger partial charge in [0.15, 0.2) is 0 Å². The van der Waals surface area contributed by atoms with Crippen LogP contribution in [0.2, 0.25) is 0 Å². The Morgan fingerprint density at radius 3 is 3.08 bits per heavy atom. The molecule has 1 aromatic heterocycles. The molecule has 0 bridgehead atoms. The van der Waals surface area contributed by atoms with Gasteiger partial charge in [-0.25, -0.2) is 0 Å². The Bertz CT molecular complexity index is 337. The van der Waals surface area contributed by atoms with E-state index in [0.717, 1.165) is 5.56 Å². The first-order valence-corrected chi connectivity index (χ1v) is 3.69. The second-order valence-electron chi connectivity index (χ2n) is 2.80. The average Bonchev–Trinajstić information content (AvgIpc) is 2.33. The maximum absolute atomic E-state index is 11.4. The SMILES string of the molecule is CN1C(=O)c2ncccc2C1N. The molecule has 0 aliphatic carbocycles. The Balaban J connectivity index is 2.59. The molecule has 1 atom stereocenters. The molecule has 1 aliphatic rings. The molecule has 4 nitrogen and oxygen atoms in total. The predicted molar refractivity (Wildman–Crippen MR) is 43.3 cm³/mol. The van der Waals surface area contributed by atoms with Crippen molar-refractivity contribution in [2.45, 2.75) is 6.17 Å². The molecule has 0 saturated carbocycles. The van der Waals surface area contributed by atoms with E-state index in [2.05, 4.69) is 4.98 Å². The van der Waals surface area contributed by atoms with Gasteiger partial charge in [0.2, 0.25) is 0 Å². The van der Waals surface area contributed by atoms with E-state index < -0.39 is 0 Å². The van der Waals surface area contributed by atoms with Crippen molar-refractivity contribution >= 4 is 5.91 Å². The van der Waals surface area contributed by atoms with Crippen molar-refractivity contribution in [2.75, 3.05) is 7.05 Å². The largest absolute Gasteiger partial charge is 0.321 e. The van der Waals surface area contributed by atoms with Gasteiger partial charge in [0.05, 0.1) is 0 Å². The number of fused-ring (bicyclic) bond motifs is 1. The third-order valence-corrected chi connectivity index (χ3v) is 2.10. The minimum absolute atomic E-state index is 0.0990. The number of aromatic nitrogens is 1. The maximum Gasteiger partial charge on any atom is 0.274 e. The lowest BCUT2D eigenvalue weighted by Gasteiger charge is -2.14. The van der Waals surface area contributed by atoms with Crippen molar-refractivity contribution in [3.05, 3.63) is 29.6 Å². The van der Waals surface area contributed by atoms with Gasteiger partial charge < -0.3 is 10.6 Å². The van der Waals surface area contributed by atoms with Gasteiger partial charge in [-0.1, -0.05) is 6.07 Å². The van der Waals surface area contributed by atoms with Crippen LogP contribution in [0.4, 0.5) is 0 Å². The highest BCUT2D eigenvalue weighted by Gasteiger charge is 2.32. The van der Waals surface area contributed by atoms with Crippen molar-refractivity contribution in [2.24, 2.45) is 5.73 Å². The van der Waals surface area contributed by atoms with Crippen LogP contribution < -0.4 is 5.73 Å². The molecule has 0 radical (unpaired) electrons. The van der Waals surface area contributed by atoms with Gasteiger partial charge in [-0.15, -0.1) is 0 Å². The van der Waals surface area contributed by atoms with E-state index in [1.165, 1.54) is 4.90 Å². The summed E-state index contributed by atoms with van der Waals surface area (Å²) in [6.45, 7) is 0. The molecular formula is C8H9N3O. The predicted octanol–water partition coefficient (Wildman–Crippen LogP) is 0.125. The Labute approximate surface area is 70.0 Å². The Kier molecular flexibility index (Phi) is 1.38. The zero-order valence-corrected chi connectivity index (χ0v) is 6.69. The number of amides is 1. The van der Waals surface area contributed by atoms with Crippen molar-refractivity contribution in [1.29, 1.82) is 0 Å². The molecule has 1 aliphatic heterocycles. The molecule has 2 N–H and O–H groups in total. The van der Waals surface area contributed by atoms with Gasteiger partial charge in [-0.05, 0) is 6.07 Å². The summed E-state index contributed by atoms with van der Waals surface area (Å²) >= 11 is 0. The van der Waals surface area contributed by atoms with Crippen LogP contribution in [-0.4, -0.2) is 22.8 Å². The van der Waals surface area contributed by atoms with Gasteiger partial charge in [-0.2, -0.15) is 0 Å². The minimum Gasteiger partial charge on any atom is -0.321 e. The summed E-state index contributed by atoms with van der Waals surface area (Å²) in [5, 5.41) is 0. The zero-order chi connectivity index (χ0) is 8.72. The number of carbonyl (C=O) groups is 1. The van der Waals surface area contributed by atoms with Crippen LogP contribution in [0.25, 0.3) is 0 Å². The van der Waals surface area contributed by atoms with Crippen LogP contribution in [0, 0.1) is 0 Å². The number of rotatable bonds is 0. The van der Waals surface area contributed by atoms with Crippen LogP contribution in [0.5, 0.6) is 0 Å². The van der Waals surface area contributed by atoms with Crippen LogP contribution >= 0.6 is 0 Å². The molecule has 1 unspecified atom stereocenters. The summed E-state index contributed by atoms with van der Waals surface area (Å²) < 4.78 is 0. The Morgan fingerprint density at radius 1 is 1.67 bits per heavy atom. The Hall–Kier alpha value is -1.42. The fraction of sp³-hybridized carbons (Fsp3) is 0.250. The molecule has 62 valence electrons. The van der Waals surface area contributed by atoms with E-state index in [-0.39, 0.29) is 12.1 Å². The van der Waals surface area contributed by atoms with Gasteiger partial charge >= 0.3 is 0 Å². The second kappa shape index (κ2) is 2.28. The van der Waals surface area contributed by atoms with Gasteiger partial charge in [0, 0.05) is 18.8 Å². The molecular weight excluding hydrogens is 154 g/mol. The quantitative estimate of drug-likeness (QED) is 0.591. The lowest BCUT2D eigenvalue weighted by molar-refractivity contribution is 0.0774. The lowest BCUT2D eigenvalue weighted by atomic mass is 10.2. The summed E-state index contributed by atoms with van der Waals surface area (Å²) in [6, 6.07) is 3.61. The standard InChI is InChI=1S/C8H9N3O/c1-11-7(9)5-3-2-4-10-6(5)8(11)12/h2-4,7H,9H2,1H3. The molecule has 4 heteroatoms. The van der Waals surface area contributed by atoms with E-state index in [1.807, 2.05) is 6.07 Å². The van der Waals surface area contributed by atoms with Crippen LogP contribution in [0.1, 0.15) is 22.2 Å². The zero-order valence-electron chi connectivity index (χ0n) is 6.69.